The molecule has 2 N–H and O–H groups in total. The molecule has 3 nitrogen and oxygen atoms in total. The van der Waals surface area contributed by atoms with Crippen LogP contribution >= 0.6 is 0 Å². The Balaban J connectivity index is 2.02. The standard InChI is InChI=1S/C16H22N2O/c1-18-10-4-7-16(18)14(12-17)9-8-13-5-3-6-15(11-13)19-2/h3-7,10-11,14H,8-9,12,17H2,1-2H3. The van der Waals surface area contributed by atoms with Crippen molar-refractivity contribution in [1.82, 2.24) is 4.57 Å². The number of aromatic nitrogens is 1. The molecule has 0 aliphatic rings. The zero-order valence-electron chi connectivity index (χ0n) is 11.7. The second kappa shape index (κ2) is 6.43. The number of hydrogen-bond donors (Lipinski definition) is 1. The smallest absolute Gasteiger partial charge is 0.119 e. The van der Waals surface area contributed by atoms with E-state index in [1.54, 1.807) is 7.11 Å². The molecular weight excluding hydrogens is 236 g/mol. The van der Waals surface area contributed by atoms with Gasteiger partial charge in [-0.1, -0.05) is 12.1 Å². The molecule has 1 unspecified atom stereocenters. The molecule has 1 atom stereocenters. The van der Waals surface area contributed by atoms with E-state index in [0.29, 0.717) is 12.5 Å². The summed E-state index contributed by atoms with van der Waals surface area (Å²) >= 11 is 0. The van der Waals surface area contributed by atoms with E-state index in [-0.39, 0.29) is 0 Å². The van der Waals surface area contributed by atoms with Crippen molar-refractivity contribution in [3.05, 3.63) is 53.9 Å². The van der Waals surface area contributed by atoms with Crippen LogP contribution in [0.3, 0.4) is 0 Å². The first-order valence-electron chi connectivity index (χ1n) is 6.69. The first-order valence-corrected chi connectivity index (χ1v) is 6.69. The minimum Gasteiger partial charge on any atom is -0.497 e. The van der Waals surface area contributed by atoms with Crippen LogP contribution in [-0.4, -0.2) is 18.2 Å². The van der Waals surface area contributed by atoms with Gasteiger partial charge in [0.25, 0.3) is 0 Å². The van der Waals surface area contributed by atoms with Gasteiger partial charge in [0, 0.05) is 31.4 Å². The molecule has 0 saturated heterocycles. The number of methoxy groups -OCH3 is 1. The SMILES string of the molecule is COc1cccc(CCC(CN)c2cccn2C)c1. The van der Waals surface area contributed by atoms with E-state index < -0.39 is 0 Å². The maximum Gasteiger partial charge on any atom is 0.119 e. The van der Waals surface area contributed by atoms with Gasteiger partial charge in [-0.15, -0.1) is 0 Å². The number of rotatable bonds is 6. The highest BCUT2D eigenvalue weighted by Gasteiger charge is 2.12. The number of ether oxygens (including phenoxy) is 1. The highest BCUT2D eigenvalue weighted by atomic mass is 16.5. The van der Waals surface area contributed by atoms with E-state index in [1.165, 1.54) is 11.3 Å². The van der Waals surface area contributed by atoms with Gasteiger partial charge >= 0.3 is 0 Å². The fourth-order valence-electron chi connectivity index (χ4n) is 2.45. The molecule has 2 aromatic rings. The molecule has 1 aromatic heterocycles. The Morgan fingerprint density at radius 1 is 1.26 bits per heavy atom. The second-order valence-corrected chi connectivity index (χ2v) is 4.87. The van der Waals surface area contributed by atoms with Crippen molar-refractivity contribution in [2.45, 2.75) is 18.8 Å². The number of nitrogens with two attached hydrogens (primary N) is 1. The van der Waals surface area contributed by atoms with E-state index in [1.807, 2.05) is 12.1 Å². The zero-order chi connectivity index (χ0) is 13.7. The second-order valence-electron chi connectivity index (χ2n) is 4.87. The van der Waals surface area contributed by atoms with Crippen molar-refractivity contribution in [3.8, 4) is 5.75 Å². The van der Waals surface area contributed by atoms with Gasteiger partial charge in [0.15, 0.2) is 0 Å². The van der Waals surface area contributed by atoms with Crippen molar-refractivity contribution < 1.29 is 4.74 Å². The summed E-state index contributed by atoms with van der Waals surface area (Å²) < 4.78 is 7.41. The Labute approximate surface area is 115 Å². The molecule has 19 heavy (non-hydrogen) atoms. The van der Waals surface area contributed by atoms with Crippen LogP contribution in [0.15, 0.2) is 42.6 Å². The topological polar surface area (TPSA) is 40.2 Å². The van der Waals surface area contributed by atoms with Gasteiger partial charge in [0.1, 0.15) is 5.75 Å². The normalized spacial score (nSPS) is 12.4. The van der Waals surface area contributed by atoms with Gasteiger partial charge in [0.2, 0.25) is 0 Å². The molecule has 0 fully saturated rings. The van der Waals surface area contributed by atoms with Crippen molar-refractivity contribution in [2.24, 2.45) is 12.8 Å². The average molecular weight is 258 g/mol. The molecule has 0 radical (unpaired) electrons. The summed E-state index contributed by atoms with van der Waals surface area (Å²) in [7, 11) is 3.77. The third kappa shape index (κ3) is 3.38. The maximum atomic E-state index is 5.92. The fraction of sp³-hybridized carbons (Fsp3) is 0.375. The highest BCUT2D eigenvalue weighted by Crippen LogP contribution is 2.22. The predicted molar refractivity (Wildman–Crippen MR) is 78.5 cm³/mol. The Morgan fingerprint density at radius 2 is 2.11 bits per heavy atom. The summed E-state index contributed by atoms with van der Waals surface area (Å²) in [6.45, 7) is 0.682. The van der Waals surface area contributed by atoms with Gasteiger partial charge < -0.3 is 15.0 Å². The monoisotopic (exact) mass is 258 g/mol. The van der Waals surface area contributed by atoms with Crippen LogP contribution < -0.4 is 10.5 Å². The molecular formula is C16H22N2O. The van der Waals surface area contributed by atoms with Crippen LogP contribution in [0.1, 0.15) is 23.6 Å². The van der Waals surface area contributed by atoms with Gasteiger partial charge in [0.05, 0.1) is 7.11 Å². The summed E-state index contributed by atoms with van der Waals surface area (Å²) in [6.07, 6.45) is 4.15. The molecule has 1 heterocycles. The highest BCUT2D eigenvalue weighted by molar-refractivity contribution is 5.28. The molecule has 0 amide bonds. The van der Waals surface area contributed by atoms with E-state index in [9.17, 15) is 0 Å². The van der Waals surface area contributed by atoms with Gasteiger partial charge in [-0.05, 0) is 42.7 Å². The predicted octanol–water partition coefficient (Wildman–Crippen LogP) is 2.71. The minimum atomic E-state index is 0.409. The Morgan fingerprint density at radius 3 is 2.74 bits per heavy atom. The third-order valence-electron chi connectivity index (χ3n) is 3.60. The molecule has 2 rings (SSSR count). The van der Waals surface area contributed by atoms with Crippen molar-refractivity contribution in [3.63, 3.8) is 0 Å². The molecule has 102 valence electrons. The van der Waals surface area contributed by atoms with Gasteiger partial charge in [-0.3, -0.25) is 0 Å². The molecule has 1 aromatic carbocycles. The Bertz CT molecular complexity index is 519. The van der Waals surface area contributed by atoms with Crippen LogP contribution in [0.25, 0.3) is 0 Å². The van der Waals surface area contributed by atoms with Crippen LogP contribution in [0.5, 0.6) is 5.75 Å². The van der Waals surface area contributed by atoms with Crippen LogP contribution in [-0.2, 0) is 13.5 Å². The van der Waals surface area contributed by atoms with Crippen LogP contribution in [0.4, 0.5) is 0 Å². The molecule has 0 bridgehead atoms. The number of hydrogen-bond acceptors (Lipinski definition) is 2. The summed E-state index contributed by atoms with van der Waals surface area (Å²) in [4.78, 5) is 0. The van der Waals surface area contributed by atoms with E-state index in [2.05, 4.69) is 42.1 Å². The average Bonchev–Trinajstić information content (AvgIpc) is 2.86. The summed E-state index contributed by atoms with van der Waals surface area (Å²) in [5.41, 5.74) is 8.52. The maximum absolute atomic E-state index is 5.92. The minimum absolute atomic E-state index is 0.409. The van der Waals surface area contributed by atoms with E-state index in [0.717, 1.165) is 18.6 Å². The van der Waals surface area contributed by atoms with Crippen molar-refractivity contribution in [2.75, 3.05) is 13.7 Å². The first kappa shape index (κ1) is 13.7. The number of nitrogens with zero attached hydrogens (tertiary/aromatic N) is 1. The lowest BCUT2D eigenvalue weighted by Crippen LogP contribution is -2.16. The van der Waals surface area contributed by atoms with Gasteiger partial charge in [-0.25, -0.2) is 0 Å². The molecule has 0 aliphatic carbocycles. The van der Waals surface area contributed by atoms with E-state index in [4.69, 9.17) is 10.5 Å². The van der Waals surface area contributed by atoms with Crippen molar-refractivity contribution in [1.29, 1.82) is 0 Å². The third-order valence-corrected chi connectivity index (χ3v) is 3.60. The number of aryl methyl sites for hydroxylation is 2. The summed E-state index contributed by atoms with van der Waals surface area (Å²) in [5, 5.41) is 0. The summed E-state index contributed by atoms with van der Waals surface area (Å²) in [5.74, 6) is 1.33. The van der Waals surface area contributed by atoms with Crippen LogP contribution in [0, 0.1) is 0 Å². The Hall–Kier alpha value is -1.74. The van der Waals surface area contributed by atoms with Crippen molar-refractivity contribution >= 4 is 0 Å². The van der Waals surface area contributed by atoms with Gasteiger partial charge in [-0.2, -0.15) is 0 Å². The lowest BCUT2D eigenvalue weighted by Gasteiger charge is -2.16. The zero-order valence-corrected chi connectivity index (χ0v) is 11.7. The fourth-order valence-corrected chi connectivity index (χ4v) is 2.45. The van der Waals surface area contributed by atoms with E-state index >= 15 is 0 Å². The molecule has 0 saturated carbocycles. The molecule has 0 spiro atoms. The lowest BCUT2D eigenvalue weighted by molar-refractivity contribution is 0.414. The summed E-state index contributed by atoms with van der Waals surface area (Å²) in [6, 6.07) is 12.5. The van der Waals surface area contributed by atoms with Crippen LogP contribution in [0.2, 0.25) is 0 Å². The number of benzene rings is 1. The quantitative estimate of drug-likeness (QED) is 0.865. The Kier molecular flexibility index (Phi) is 4.63. The molecule has 3 heteroatoms. The lowest BCUT2D eigenvalue weighted by atomic mass is 9.96. The molecule has 0 aliphatic heterocycles. The largest absolute Gasteiger partial charge is 0.497 e. The first-order chi connectivity index (χ1) is 9.24.